The van der Waals surface area contributed by atoms with E-state index in [0.717, 1.165) is 22.6 Å². The summed E-state index contributed by atoms with van der Waals surface area (Å²) in [6.45, 7) is 2.18. The van der Waals surface area contributed by atoms with Gasteiger partial charge in [0.2, 0.25) is 0 Å². The highest BCUT2D eigenvalue weighted by atomic mass is 35.5. The molecule has 2 aromatic rings. The molecule has 2 rings (SSSR count). The molecule has 0 amide bonds. The summed E-state index contributed by atoms with van der Waals surface area (Å²) in [6, 6.07) is 12.9. The molecule has 0 aliphatic rings. The van der Waals surface area contributed by atoms with Gasteiger partial charge in [0, 0.05) is 15.6 Å². The number of ether oxygens (including phenoxy) is 1. The molecule has 110 valence electrons. The Morgan fingerprint density at radius 3 is 2.43 bits per heavy atom. The van der Waals surface area contributed by atoms with Gasteiger partial charge in [0.25, 0.3) is 0 Å². The Morgan fingerprint density at radius 2 is 1.81 bits per heavy atom. The molecule has 0 saturated heterocycles. The van der Waals surface area contributed by atoms with Crippen LogP contribution in [0.5, 0.6) is 5.75 Å². The van der Waals surface area contributed by atoms with Crippen LogP contribution in [-0.4, -0.2) is 12.8 Å². The number of benzene rings is 2. The molecule has 0 bridgehead atoms. The lowest BCUT2D eigenvalue weighted by Gasteiger charge is -2.05. The van der Waals surface area contributed by atoms with Crippen LogP contribution < -0.4 is 4.74 Å². The van der Waals surface area contributed by atoms with Crippen LogP contribution in [0.4, 0.5) is 0 Å². The molecule has 0 fully saturated rings. The molecule has 0 radical (unpaired) electrons. The number of methoxy groups -OCH3 is 1. The molecule has 0 heterocycles. The SMILES string of the molecule is COc1ccc(C(C)=NOCc2ccc(Cl)cc2Cl)cc1. The van der Waals surface area contributed by atoms with E-state index in [9.17, 15) is 0 Å². The van der Waals surface area contributed by atoms with E-state index in [4.69, 9.17) is 32.8 Å². The molecule has 0 spiro atoms. The molecule has 0 saturated carbocycles. The van der Waals surface area contributed by atoms with Crippen molar-refractivity contribution in [2.75, 3.05) is 7.11 Å². The van der Waals surface area contributed by atoms with E-state index in [1.165, 1.54) is 0 Å². The number of hydrogen-bond acceptors (Lipinski definition) is 3. The predicted molar refractivity (Wildman–Crippen MR) is 86.5 cm³/mol. The first-order chi connectivity index (χ1) is 10.1. The molecule has 0 aromatic heterocycles. The van der Waals surface area contributed by atoms with Crippen LogP contribution >= 0.6 is 23.2 Å². The zero-order valence-corrected chi connectivity index (χ0v) is 13.3. The predicted octanol–water partition coefficient (Wildman–Crippen LogP) is 4.94. The second kappa shape index (κ2) is 7.34. The lowest BCUT2D eigenvalue weighted by atomic mass is 10.1. The van der Waals surface area contributed by atoms with E-state index in [1.54, 1.807) is 19.2 Å². The van der Waals surface area contributed by atoms with Crippen molar-refractivity contribution in [1.29, 1.82) is 0 Å². The van der Waals surface area contributed by atoms with Gasteiger partial charge in [-0.1, -0.05) is 34.4 Å². The molecule has 0 aliphatic heterocycles. The Morgan fingerprint density at radius 1 is 1.10 bits per heavy atom. The van der Waals surface area contributed by atoms with Gasteiger partial charge >= 0.3 is 0 Å². The Labute approximate surface area is 134 Å². The highest BCUT2D eigenvalue weighted by molar-refractivity contribution is 6.35. The van der Waals surface area contributed by atoms with Crippen LogP contribution in [0.15, 0.2) is 47.6 Å². The summed E-state index contributed by atoms with van der Waals surface area (Å²) in [5.41, 5.74) is 2.59. The highest BCUT2D eigenvalue weighted by Crippen LogP contribution is 2.21. The molecule has 0 unspecified atom stereocenters. The van der Waals surface area contributed by atoms with Gasteiger partial charge in [-0.2, -0.15) is 0 Å². The first-order valence-electron chi connectivity index (χ1n) is 6.35. The number of rotatable bonds is 5. The Bertz CT molecular complexity index is 639. The molecule has 3 nitrogen and oxygen atoms in total. The molecule has 21 heavy (non-hydrogen) atoms. The quantitative estimate of drug-likeness (QED) is 0.576. The fraction of sp³-hybridized carbons (Fsp3) is 0.188. The molecular weight excluding hydrogens is 309 g/mol. The first-order valence-corrected chi connectivity index (χ1v) is 7.10. The molecule has 0 N–H and O–H groups in total. The fourth-order valence-electron chi connectivity index (χ4n) is 1.72. The number of hydrogen-bond donors (Lipinski definition) is 0. The summed E-state index contributed by atoms with van der Waals surface area (Å²) in [4.78, 5) is 5.34. The zero-order chi connectivity index (χ0) is 15.2. The maximum Gasteiger partial charge on any atom is 0.143 e. The Balaban J connectivity index is 1.99. The number of nitrogens with zero attached hydrogens (tertiary/aromatic N) is 1. The van der Waals surface area contributed by atoms with Gasteiger partial charge in [0.1, 0.15) is 12.4 Å². The van der Waals surface area contributed by atoms with Crippen molar-refractivity contribution in [3.63, 3.8) is 0 Å². The minimum Gasteiger partial charge on any atom is -0.497 e. The fourth-order valence-corrected chi connectivity index (χ4v) is 2.19. The van der Waals surface area contributed by atoms with Crippen molar-refractivity contribution in [2.45, 2.75) is 13.5 Å². The third-order valence-corrected chi connectivity index (χ3v) is 3.53. The minimum absolute atomic E-state index is 0.295. The lowest BCUT2D eigenvalue weighted by Crippen LogP contribution is -1.97. The van der Waals surface area contributed by atoms with Crippen molar-refractivity contribution >= 4 is 28.9 Å². The molecular formula is C16H15Cl2NO2. The maximum atomic E-state index is 6.07. The normalized spacial score (nSPS) is 11.3. The number of halogens is 2. The minimum atomic E-state index is 0.295. The van der Waals surface area contributed by atoms with Crippen LogP contribution in [0.25, 0.3) is 0 Å². The zero-order valence-electron chi connectivity index (χ0n) is 11.8. The van der Waals surface area contributed by atoms with Crippen LogP contribution in [0.1, 0.15) is 18.1 Å². The van der Waals surface area contributed by atoms with Crippen molar-refractivity contribution < 1.29 is 9.57 Å². The van der Waals surface area contributed by atoms with Crippen molar-refractivity contribution in [3.05, 3.63) is 63.6 Å². The summed E-state index contributed by atoms with van der Waals surface area (Å²) in [5, 5.41) is 5.26. The van der Waals surface area contributed by atoms with E-state index in [1.807, 2.05) is 37.3 Å². The Hall–Kier alpha value is -1.71. The summed E-state index contributed by atoms with van der Waals surface area (Å²) in [7, 11) is 1.63. The second-order valence-corrected chi connectivity index (χ2v) is 5.26. The van der Waals surface area contributed by atoms with Crippen molar-refractivity contribution in [3.8, 4) is 5.75 Å². The topological polar surface area (TPSA) is 30.8 Å². The molecule has 2 aromatic carbocycles. The third kappa shape index (κ3) is 4.38. The van der Waals surface area contributed by atoms with Crippen LogP contribution in [0.3, 0.4) is 0 Å². The maximum absolute atomic E-state index is 6.07. The summed E-state index contributed by atoms with van der Waals surface area (Å²) < 4.78 is 5.11. The second-order valence-electron chi connectivity index (χ2n) is 4.41. The van der Waals surface area contributed by atoms with Gasteiger partial charge < -0.3 is 9.57 Å². The lowest BCUT2D eigenvalue weighted by molar-refractivity contribution is 0.130. The first kappa shape index (κ1) is 15.7. The van der Waals surface area contributed by atoms with Gasteiger partial charge in [0.15, 0.2) is 0 Å². The number of oxime groups is 1. The largest absolute Gasteiger partial charge is 0.497 e. The van der Waals surface area contributed by atoms with Crippen LogP contribution in [-0.2, 0) is 11.4 Å². The average Bonchev–Trinajstić information content (AvgIpc) is 2.49. The van der Waals surface area contributed by atoms with E-state index in [2.05, 4.69) is 5.16 Å². The monoisotopic (exact) mass is 323 g/mol. The van der Waals surface area contributed by atoms with Gasteiger partial charge in [-0.25, -0.2) is 0 Å². The van der Waals surface area contributed by atoms with Crippen LogP contribution in [0.2, 0.25) is 10.0 Å². The van der Waals surface area contributed by atoms with Crippen molar-refractivity contribution in [1.82, 2.24) is 0 Å². The average molecular weight is 324 g/mol. The van der Waals surface area contributed by atoms with E-state index < -0.39 is 0 Å². The van der Waals surface area contributed by atoms with Crippen molar-refractivity contribution in [2.24, 2.45) is 5.16 Å². The van der Waals surface area contributed by atoms with E-state index in [-0.39, 0.29) is 0 Å². The van der Waals surface area contributed by atoms with E-state index in [0.29, 0.717) is 16.7 Å². The Kier molecular flexibility index (Phi) is 5.48. The third-order valence-electron chi connectivity index (χ3n) is 2.94. The van der Waals surface area contributed by atoms with Gasteiger partial charge in [-0.3, -0.25) is 0 Å². The van der Waals surface area contributed by atoms with Gasteiger partial charge in [0.05, 0.1) is 12.8 Å². The molecule has 5 heteroatoms. The standard InChI is InChI=1S/C16H15Cl2NO2/c1-11(12-4-7-15(20-2)8-5-12)19-21-10-13-3-6-14(17)9-16(13)18/h3-9H,10H2,1-2H3. The smallest absolute Gasteiger partial charge is 0.143 e. The van der Waals surface area contributed by atoms with E-state index >= 15 is 0 Å². The van der Waals surface area contributed by atoms with Gasteiger partial charge in [-0.05, 0) is 48.9 Å². The van der Waals surface area contributed by atoms with Crippen LogP contribution in [0, 0.1) is 0 Å². The summed E-state index contributed by atoms with van der Waals surface area (Å²) in [6.07, 6.45) is 0. The summed E-state index contributed by atoms with van der Waals surface area (Å²) in [5.74, 6) is 0.806. The summed E-state index contributed by atoms with van der Waals surface area (Å²) >= 11 is 11.9. The molecule has 0 atom stereocenters. The molecule has 0 aliphatic carbocycles. The highest BCUT2D eigenvalue weighted by Gasteiger charge is 2.03. The van der Waals surface area contributed by atoms with Gasteiger partial charge in [-0.15, -0.1) is 0 Å².